The van der Waals surface area contributed by atoms with Crippen molar-refractivity contribution in [3.05, 3.63) is 11.6 Å². The zero-order chi connectivity index (χ0) is 11.1. The van der Waals surface area contributed by atoms with Crippen molar-refractivity contribution < 1.29 is 13.2 Å². The van der Waals surface area contributed by atoms with E-state index in [1.54, 1.807) is 6.92 Å². The molecule has 7 heteroatoms. The van der Waals surface area contributed by atoms with Crippen LogP contribution in [0.2, 0.25) is 0 Å². The molecule has 0 bridgehead atoms. The molecular weight excluding hydrogens is 209 g/mol. The monoisotopic (exact) mass is 220 g/mol. The molecule has 0 aliphatic carbocycles. The van der Waals surface area contributed by atoms with Crippen LogP contribution in [-0.2, 0) is 12.7 Å². The molecule has 0 spiro atoms. The second-order valence-electron chi connectivity index (χ2n) is 3.62. The van der Waals surface area contributed by atoms with Crippen molar-refractivity contribution in [3.8, 4) is 0 Å². The predicted molar refractivity (Wildman–Crippen MR) is 46.1 cm³/mol. The summed E-state index contributed by atoms with van der Waals surface area (Å²) in [6.07, 6.45) is -3.78. The first kappa shape index (κ1) is 10.4. The van der Waals surface area contributed by atoms with Gasteiger partial charge in [0.25, 0.3) is 0 Å². The molecule has 2 heterocycles. The quantitative estimate of drug-likeness (QED) is 0.717. The van der Waals surface area contributed by atoms with Gasteiger partial charge in [0.15, 0.2) is 0 Å². The van der Waals surface area contributed by atoms with Crippen molar-refractivity contribution >= 4 is 0 Å². The van der Waals surface area contributed by atoms with Crippen molar-refractivity contribution in [2.45, 2.75) is 32.1 Å². The van der Waals surface area contributed by atoms with Crippen LogP contribution in [0.25, 0.3) is 0 Å². The lowest BCUT2D eigenvalue weighted by Crippen LogP contribution is -2.18. The Morgan fingerprint density at radius 1 is 1.40 bits per heavy atom. The van der Waals surface area contributed by atoms with Gasteiger partial charge in [0.1, 0.15) is 5.82 Å². The highest BCUT2D eigenvalue weighted by atomic mass is 19.4. The van der Waals surface area contributed by atoms with Gasteiger partial charge in [-0.3, -0.25) is 0 Å². The van der Waals surface area contributed by atoms with Gasteiger partial charge in [-0.05, 0) is 19.9 Å². The molecular formula is C8H11F3N4. The second-order valence-corrected chi connectivity index (χ2v) is 3.62. The fourth-order valence-corrected chi connectivity index (χ4v) is 1.74. The smallest absolute Gasteiger partial charge is 0.310 e. The van der Waals surface area contributed by atoms with E-state index in [1.165, 1.54) is 4.57 Å². The minimum absolute atomic E-state index is 0.221. The third-order valence-electron chi connectivity index (χ3n) is 2.48. The Morgan fingerprint density at radius 3 is 2.80 bits per heavy atom. The van der Waals surface area contributed by atoms with Crippen LogP contribution < -0.4 is 5.32 Å². The molecule has 84 valence electrons. The highest BCUT2D eigenvalue weighted by Gasteiger charge is 2.39. The summed E-state index contributed by atoms with van der Waals surface area (Å²) in [5.74, 6) is -0.541. The van der Waals surface area contributed by atoms with E-state index in [2.05, 4.69) is 15.5 Å². The van der Waals surface area contributed by atoms with Gasteiger partial charge >= 0.3 is 6.18 Å². The molecule has 0 aromatic carbocycles. The summed E-state index contributed by atoms with van der Waals surface area (Å²) in [5, 5.41) is 9.78. The summed E-state index contributed by atoms with van der Waals surface area (Å²) < 4.78 is 38.9. The molecule has 0 unspecified atom stereocenters. The zero-order valence-corrected chi connectivity index (χ0v) is 8.17. The number of halogens is 3. The number of aromatic nitrogens is 3. The maximum absolute atomic E-state index is 12.6. The lowest BCUT2D eigenvalue weighted by molar-refractivity contribution is -0.148. The number of hydrogen-bond donors (Lipinski definition) is 1. The van der Waals surface area contributed by atoms with Gasteiger partial charge in [-0.15, -0.1) is 10.2 Å². The number of nitrogens with zero attached hydrogens (tertiary/aromatic N) is 3. The van der Waals surface area contributed by atoms with E-state index in [0.717, 1.165) is 0 Å². The SMILES string of the molecule is C[C@@H]1CCNCc2nnc(C(F)(F)F)n21. The highest BCUT2D eigenvalue weighted by Crippen LogP contribution is 2.31. The standard InChI is InChI=1S/C8H11F3N4/c1-5-2-3-12-4-6-13-14-7(15(5)6)8(9,10)11/h5,12H,2-4H2,1H3/t5-/m1/s1. The number of fused-ring (bicyclic) bond motifs is 1. The lowest BCUT2D eigenvalue weighted by Gasteiger charge is -2.15. The van der Waals surface area contributed by atoms with Crippen LogP contribution in [0.3, 0.4) is 0 Å². The molecule has 0 fully saturated rings. The highest BCUT2D eigenvalue weighted by molar-refractivity contribution is 5.03. The number of nitrogens with one attached hydrogen (secondary N) is 1. The number of hydrogen-bond acceptors (Lipinski definition) is 3. The van der Waals surface area contributed by atoms with Crippen molar-refractivity contribution in [1.29, 1.82) is 0 Å². The lowest BCUT2D eigenvalue weighted by atomic mass is 10.2. The third kappa shape index (κ3) is 1.83. The molecule has 2 rings (SSSR count). The van der Waals surface area contributed by atoms with Crippen molar-refractivity contribution in [3.63, 3.8) is 0 Å². The van der Waals surface area contributed by atoms with E-state index >= 15 is 0 Å². The van der Waals surface area contributed by atoms with E-state index in [-0.39, 0.29) is 6.04 Å². The van der Waals surface area contributed by atoms with E-state index in [4.69, 9.17) is 0 Å². The maximum atomic E-state index is 12.6. The molecule has 1 aromatic rings. The van der Waals surface area contributed by atoms with Gasteiger partial charge in [0.2, 0.25) is 5.82 Å². The predicted octanol–water partition coefficient (Wildman–Crippen LogP) is 1.35. The van der Waals surface area contributed by atoms with Gasteiger partial charge in [-0.2, -0.15) is 13.2 Å². The summed E-state index contributed by atoms with van der Waals surface area (Å²) in [4.78, 5) is 0. The van der Waals surface area contributed by atoms with Gasteiger partial charge in [0, 0.05) is 6.04 Å². The summed E-state index contributed by atoms with van der Waals surface area (Å²) in [6.45, 7) is 2.78. The van der Waals surface area contributed by atoms with Crippen molar-refractivity contribution in [2.24, 2.45) is 0 Å². The summed E-state index contributed by atoms with van der Waals surface area (Å²) in [5.41, 5.74) is 0. The van der Waals surface area contributed by atoms with E-state index in [0.29, 0.717) is 25.3 Å². The fraction of sp³-hybridized carbons (Fsp3) is 0.750. The molecule has 1 atom stereocenters. The molecule has 1 aliphatic rings. The third-order valence-corrected chi connectivity index (χ3v) is 2.48. The Balaban J connectivity index is 2.47. The van der Waals surface area contributed by atoms with Crippen LogP contribution in [0.1, 0.15) is 31.0 Å². The Bertz CT molecular complexity index is 357. The molecule has 0 saturated carbocycles. The minimum Gasteiger partial charge on any atom is -0.310 e. The van der Waals surface area contributed by atoms with Gasteiger partial charge in [-0.1, -0.05) is 0 Å². The Labute approximate surface area is 84.5 Å². The molecule has 1 N–H and O–H groups in total. The van der Waals surface area contributed by atoms with Crippen LogP contribution in [-0.4, -0.2) is 21.3 Å². The number of alkyl halides is 3. The molecule has 4 nitrogen and oxygen atoms in total. The zero-order valence-electron chi connectivity index (χ0n) is 8.17. The molecule has 1 aliphatic heterocycles. The van der Waals surface area contributed by atoms with E-state index in [1.807, 2.05) is 0 Å². The normalized spacial score (nSPS) is 22.3. The second kappa shape index (κ2) is 3.48. The summed E-state index contributed by atoms with van der Waals surface area (Å²) >= 11 is 0. The summed E-state index contributed by atoms with van der Waals surface area (Å²) in [7, 11) is 0. The molecule has 0 radical (unpaired) electrons. The Hall–Kier alpha value is -1.11. The minimum atomic E-state index is -4.43. The summed E-state index contributed by atoms with van der Waals surface area (Å²) in [6, 6.07) is -0.221. The Morgan fingerprint density at radius 2 is 2.13 bits per heavy atom. The topological polar surface area (TPSA) is 42.7 Å². The maximum Gasteiger partial charge on any atom is 0.451 e. The Kier molecular flexibility index (Phi) is 2.41. The van der Waals surface area contributed by atoms with Crippen LogP contribution in [0.4, 0.5) is 13.2 Å². The first-order valence-electron chi connectivity index (χ1n) is 4.72. The average molecular weight is 220 g/mol. The van der Waals surface area contributed by atoms with E-state index in [9.17, 15) is 13.2 Å². The fourth-order valence-electron chi connectivity index (χ4n) is 1.74. The van der Waals surface area contributed by atoms with Crippen molar-refractivity contribution in [1.82, 2.24) is 20.1 Å². The van der Waals surface area contributed by atoms with Crippen LogP contribution in [0, 0.1) is 0 Å². The van der Waals surface area contributed by atoms with Gasteiger partial charge in [0.05, 0.1) is 6.54 Å². The number of rotatable bonds is 0. The van der Waals surface area contributed by atoms with Gasteiger partial charge < -0.3 is 9.88 Å². The molecule has 1 aromatic heterocycles. The molecule has 15 heavy (non-hydrogen) atoms. The average Bonchev–Trinajstić information content (AvgIpc) is 2.48. The van der Waals surface area contributed by atoms with Crippen LogP contribution in [0.15, 0.2) is 0 Å². The van der Waals surface area contributed by atoms with Crippen LogP contribution in [0.5, 0.6) is 0 Å². The first-order chi connectivity index (χ1) is 7.00. The molecule has 0 saturated heterocycles. The van der Waals surface area contributed by atoms with Gasteiger partial charge in [-0.25, -0.2) is 0 Å². The van der Waals surface area contributed by atoms with Crippen LogP contribution >= 0.6 is 0 Å². The van der Waals surface area contributed by atoms with E-state index < -0.39 is 12.0 Å². The largest absolute Gasteiger partial charge is 0.451 e. The molecule has 0 amide bonds. The van der Waals surface area contributed by atoms with Crippen molar-refractivity contribution in [2.75, 3.05) is 6.54 Å². The first-order valence-corrected chi connectivity index (χ1v) is 4.72.